The number of hydrogen-bond donors (Lipinski definition) is 1. The lowest BCUT2D eigenvalue weighted by molar-refractivity contribution is 0.0699. The van der Waals surface area contributed by atoms with Gasteiger partial charge in [0.05, 0.1) is 5.56 Å². The Morgan fingerprint density at radius 1 is 0.654 bits per heavy atom. The number of carboxylic acid groups (broad SMARTS) is 1. The molecular weight excluding hydrogens is 320 g/mol. The Morgan fingerprint density at radius 3 is 2.12 bits per heavy atom. The van der Waals surface area contributed by atoms with E-state index in [9.17, 15) is 9.90 Å². The summed E-state index contributed by atoms with van der Waals surface area (Å²) in [5.74, 6) is -0.890. The van der Waals surface area contributed by atoms with Crippen LogP contribution in [-0.4, -0.2) is 11.1 Å². The van der Waals surface area contributed by atoms with E-state index in [0.29, 0.717) is 5.56 Å². The summed E-state index contributed by atoms with van der Waals surface area (Å²) in [5, 5.41) is 11.3. The van der Waals surface area contributed by atoms with Crippen molar-refractivity contribution >= 4 is 16.7 Å². The fourth-order valence-electron chi connectivity index (χ4n) is 4.14. The highest BCUT2D eigenvalue weighted by atomic mass is 16.4. The van der Waals surface area contributed by atoms with Crippen molar-refractivity contribution < 1.29 is 9.90 Å². The first-order chi connectivity index (χ1) is 12.7. The molecule has 0 aliphatic heterocycles. The van der Waals surface area contributed by atoms with Crippen molar-refractivity contribution in [3.8, 4) is 22.3 Å². The third kappa shape index (κ3) is 2.09. The number of carbonyl (C=O) groups is 1. The zero-order chi connectivity index (χ0) is 17.7. The second kappa shape index (κ2) is 5.57. The number of rotatable bonds is 2. The van der Waals surface area contributed by atoms with Gasteiger partial charge in [-0.1, -0.05) is 72.8 Å². The third-order valence-electron chi connectivity index (χ3n) is 5.29. The van der Waals surface area contributed by atoms with Gasteiger partial charge in [-0.05, 0) is 56.6 Å². The molecule has 0 radical (unpaired) electrons. The maximum absolute atomic E-state index is 11.6. The van der Waals surface area contributed by atoms with E-state index in [4.69, 9.17) is 0 Å². The van der Waals surface area contributed by atoms with Gasteiger partial charge in [-0.25, -0.2) is 4.79 Å². The topological polar surface area (TPSA) is 37.3 Å². The van der Waals surface area contributed by atoms with Crippen molar-refractivity contribution in [2.45, 2.75) is 6.42 Å². The number of aromatic carboxylic acids is 1. The molecule has 0 spiro atoms. The highest BCUT2D eigenvalue weighted by Crippen LogP contribution is 2.43. The van der Waals surface area contributed by atoms with Crippen molar-refractivity contribution in [1.29, 1.82) is 0 Å². The van der Waals surface area contributed by atoms with E-state index in [1.807, 2.05) is 24.3 Å². The standard InChI is InChI=1S/C24H16O2/c25-24(26)22-13-5-10-18-19(9-4-11-20(18)22)21-12-3-8-17-16-7-2-1-6-15(16)14-23(17)21/h1-13H,14H2,(H,25,26). The fraction of sp³-hybridized carbons (Fsp3) is 0.0417. The van der Waals surface area contributed by atoms with Gasteiger partial charge in [-0.3, -0.25) is 0 Å². The molecule has 0 heterocycles. The van der Waals surface area contributed by atoms with Crippen LogP contribution < -0.4 is 0 Å². The summed E-state index contributed by atoms with van der Waals surface area (Å²) in [6, 6.07) is 26.4. The SMILES string of the molecule is O=C(O)c1cccc2c(-c3cccc4c3Cc3ccccc3-4)cccc12. The molecule has 0 atom stereocenters. The van der Waals surface area contributed by atoms with Crippen LogP contribution in [0.5, 0.6) is 0 Å². The van der Waals surface area contributed by atoms with Crippen LogP contribution in [0.4, 0.5) is 0 Å². The van der Waals surface area contributed by atoms with Gasteiger partial charge < -0.3 is 5.11 Å². The first kappa shape index (κ1) is 14.9. The molecule has 0 amide bonds. The van der Waals surface area contributed by atoms with Crippen molar-refractivity contribution in [2.24, 2.45) is 0 Å². The van der Waals surface area contributed by atoms with Crippen LogP contribution in [0.25, 0.3) is 33.0 Å². The van der Waals surface area contributed by atoms with Gasteiger partial charge in [-0.2, -0.15) is 0 Å². The fourth-order valence-corrected chi connectivity index (χ4v) is 4.14. The minimum atomic E-state index is -0.890. The quantitative estimate of drug-likeness (QED) is 0.444. The molecule has 0 saturated carbocycles. The Balaban J connectivity index is 1.79. The van der Waals surface area contributed by atoms with Gasteiger partial charge in [0.1, 0.15) is 0 Å². The van der Waals surface area contributed by atoms with Gasteiger partial charge in [0, 0.05) is 0 Å². The van der Waals surface area contributed by atoms with E-state index < -0.39 is 5.97 Å². The predicted molar refractivity (Wildman–Crippen MR) is 105 cm³/mol. The van der Waals surface area contributed by atoms with E-state index in [0.717, 1.165) is 22.8 Å². The average Bonchev–Trinajstić information content (AvgIpc) is 3.06. The molecule has 124 valence electrons. The predicted octanol–water partition coefficient (Wildman–Crippen LogP) is 5.78. The number of carboxylic acids is 1. The van der Waals surface area contributed by atoms with E-state index >= 15 is 0 Å². The lowest BCUT2D eigenvalue weighted by Crippen LogP contribution is -1.98. The van der Waals surface area contributed by atoms with E-state index in [-0.39, 0.29) is 0 Å². The van der Waals surface area contributed by atoms with Crippen LogP contribution in [0.2, 0.25) is 0 Å². The van der Waals surface area contributed by atoms with Crippen molar-refractivity contribution in [2.75, 3.05) is 0 Å². The Labute approximate surface area is 151 Å². The molecule has 26 heavy (non-hydrogen) atoms. The van der Waals surface area contributed by atoms with E-state index in [2.05, 4.69) is 48.5 Å². The van der Waals surface area contributed by atoms with Crippen LogP contribution in [0.1, 0.15) is 21.5 Å². The normalized spacial score (nSPS) is 12.0. The van der Waals surface area contributed by atoms with Gasteiger partial charge in [0.2, 0.25) is 0 Å². The Bertz CT molecular complexity index is 1190. The van der Waals surface area contributed by atoms with Gasteiger partial charge in [0.15, 0.2) is 0 Å². The molecule has 5 rings (SSSR count). The summed E-state index contributed by atoms with van der Waals surface area (Å²) in [7, 11) is 0. The average molecular weight is 336 g/mol. The Kier molecular flexibility index (Phi) is 3.19. The molecule has 1 aliphatic rings. The van der Waals surface area contributed by atoms with Crippen molar-refractivity contribution in [3.05, 3.63) is 95.6 Å². The minimum absolute atomic E-state index is 0.347. The highest BCUT2D eigenvalue weighted by Gasteiger charge is 2.22. The van der Waals surface area contributed by atoms with E-state index in [1.54, 1.807) is 6.07 Å². The number of hydrogen-bond acceptors (Lipinski definition) is 1. The first-order valence-electron chi connectivity index (χ1n) is 8.69. The maximum atomic E-state index is 11.6. The second-order valence-electron chi connectivity index (χ2n) is 6.68. The van der Waals surface area contributed by atoms with Crippen LogP contribution in [-0.2, 0) is 6.42 Å². The zero-order valence-electron chi connectivity index (χ0n) is 14.1. The monoisotopic (exact) mass is 336 g/mol. The molecule has 4 aromatic rings. The molecular formula is C24H16O2. The van der Waals surface area contributed by atoms with Gasteiger partial charge in [-0.15, -0.1) is 0 Å². The molecule has 1 aliphatic carbocycles. The largest absolute Gasteiger partial charge is 0.478 e. The van der Waals surface area contributed by atoms with Crippen LogP contribution in [0.15, 0.2) is 78.9 Å². The summed E-state index contributed by atoms with van der Waals surface area (Å²) >= 11 is 0. The summed E-state index contributed by atoms with van der Waals surface area (Å²) in [5.41, 5.74) is 7.88. The van der Waals surface area contributed by atoms with Crippen LogP contribution in [0.3, 0.4) is 0 Å². The number of benzene rings is 4. The maximum Gasteiger partial charge on any atom is 0.336 e. The second-order valence-corrected chi connectivity index (χ2v) is 6.68. The third-order valence-corrected chi connectivity index (χ3v) is 5.29. The van der Waals surface area contributed by atoms with Crippen molar-refractivity contribution in [1.82, 2.24) is 0 Å². The number of fused-ring (bicyclic) bond motifs is 4. The molecule has 0 fully saturated rings. The smallest absolute Gasteiger partial charge is 0.336 e. The lowest BCUT2D eigenvalue weighted by atomic mass is 9.91. The van der Waals surface area contributed by atoms with Crippen molar-refractivity contribution in [3.63, 3.8) is 0 Å². The van der Waals surface area contributed by atoms with E-state index in [1.165, 1.54) is 27.8 Å². The first-order valence-corrected chi connectivity index (χ1v) is 8.69. The molecule has 0 bridgehead atoms. The molecule has 2 heteroatoms. The molecule has 0 unspecified atom stereocenters. The molecule has 4 aromatic carbocycles. The van der Waals surface area contributed by atoms with Gasteiger partial charge >= 0.3 is 5.97 Å². The highest BCUT2D eigenvalue weighted by molar-refractivity contribution is 6.08. The lowest BCUT2D eigenvalue weighted by Gasteiger charge is -2.13. The molecule has 0 aromatic heterocycles. The van der Waals surface area contributed by atoms with Crippen LogP contribution in [0, 0.1) is 0 Å². The summed E-state index contributed by atoms with van der Waals surface area (Å²) in [6.45, 7) is 0. The summed E-state index contributed by atoms with van der Waals surface area (Å²) in [6.07, 6.45) is 0.913. The zero-order valence-corrected chi connectivity index (χ0v) is 14.1. The molecule has 0 saturated heterocycles. The molecule has 2 nitrogen and oxygen atoms in total. The Morgan fingerprint density at radius 2 is 1.27 bits per heavy atom. The summed E-state index contributed by atoms with van der Waals surface area (Å²) < 4.78 is 0. The van der Waals surface area contributed by atoms with Crippen LogP contribution >= 0.6 is 0 Å². The summed E-state index contributed by atoms with van der Waals surface area (Å²) in [4.78, 5) is 11.6. The minimum Gasteiger partial charge on any atom is -0.478 e. The molecule has 1 N–H and O–H groups in total. The Hall–Kier alpha value is -3.39. The van der Waals surface area contributed by atoms with Gasteiger partial charge in [0.25, 0.3) is 0 Å².